The van der Waals surface area contributed by atoms with Crippen LogP contribution in [0.25, 0.3) is 0 Å². The largest absolute Gasteiger partial charge is 0.379 e. The molecule has 1 unspecified atom stereocenters. The second kappa shape index (κ2) is 11.6. The Hall–Kier alpha value is -0.850. The van der Waals surface area contributed by atoms with E-state index < -0.39 is 0 Å². The molecule has 0 spiro atoms. The van der Waals surface area contributed by atoms with Crippen LogP contribution in [0.2, 0.25) is 0 Å². The Morgan fingerprint density at radius 2 is 2.13 bits per heavy atom. The molecular formula is C17H34N4O2. The first-order chi connectivity index (χ1) is 11.4. The first kappa shape index (κ1) is 18.5. The Kier molecular flexibility index (Phi) is 9.36. The van der Waals surface area contributed by atoms with Crippen LogP contribution in [0, 0.1) is 0 Å². The quantitative estimate of drug-likeness (QED) is 0.379. The number of hydrogen-bond acceptors (Lipinski definition) is 4. The second-order valence-corrected chi connectivity index (χ2v) is 6.30. The van der Waals surface area contributed by atoms with E-state index in [2.05, 4.69) is 27.4 Å². The number of rotatable bonds is 9. The molecule has 23 heavy (non-hydrogen) atoms. The molecule has 2 aliphatic rings. The molecule has 0 bridgehead atoms. The zero-order valence-electron chi connectivity index (χ0n) is 14.7. The van der Waals surface area contributed by atoms with Crippen molar-refractivity contribution < 1.29 is 9.47 Å². The van der Waals surface area contributed by atoms with E-state index in [9.17, 15) is 0 Å². The summed E-state index contributed by atoms with van der Waals surface area (Å²) in [5, 5.41) is 6.75. The monoisotopic (exact) mass is 326 g/mol. The van der Waals surface area contributed by atoms with Gasteiger partial charge in [-0.1, -0.05) is 6.42 Å². The standard InChI is InChI=1S/C17H34N4O2/c1-2-18-17(20-9-12-21-10-4-3-5-11-21)19-8-6-13-23-16-7-14-22-15-16/h16H,2-15H2,1H3,(H2,18,19,20). The fourth-order valence-electron chi connectivity index (χ4n) is 3.01. The van der Waals surface area contributed by atoms with Crippen molar-refractivity contribution >= 4 is 5.96 Å². The number of guanidine groups is 1. The summed E-state index contributed by atoms with van der Waals surface area (Å²) in [6, 6.07) is 0. The molecule has 0 amide bonds. The van der Waals surface area contributed by atoms with Gasteiger partial charge in [0.15, 0.2) is 5.96 Å². The second-order valence-electron chi connectivity index (χ2n) is 6.30. The average Bonchev–Trinajstić information content (AvgIpc) is 3.09. The highest BCUT2D eigenvalue weighted by Gasteiger charge is 2.15. The number of nitrogens with zero attached hydrogens (tertiary/aromatic N) is 2. The van der Waals surface area contributed by atoms with Crippen molar-refractivity contribution in [3.8, 4) is 0 Å². The van der Waals surface area contributed by atoms with Gasteiger partial charge in [0.2, 0.25) is 0 Å². The topological polar surface area (TPSA) is 58.1 Å². The highest BCUT2D eigenvalue weighted by atomic mass is 16.5. The molecule has 2 saturated heterocycles. The van der Waals surface area contributed by atoms with E-state index in [0.29, 0.717) is 6.10 Å². The molecule has 6 nitrogen and oxygen atoms in total. The molecule has 0 aromatic heterocycles. The summed E-state index contributed by atoms with van der Waals surface area (Å²) in [7, 11) is 0. The third-order valence-electron chi connectivity index (χ3n) is 4.33. The van der Waals surface area contributed by atoms with E-state index in [4.69, 9.17) is 9.47 Å². The van der Waals surface area contributed by atoms with Crippen LogP contribution in [0.15, 0.2) is 4.99 Å². The fraction of sp³-hybridized carbons (Fsp3) is 0.941. The van der Waals surface area contributed by atoms with E-state index in [-0.39, 0.29) is 0 Å². The first-order valence-corrected chi connectivity index (χ1v) is 9.32. The van der Waals surface area contributed by atoms with Crippen molar-refractivity contribution in [3.63, 3.8) is 0 Å². The van der Waals surface area contributed by atoms with Crippen molar-refractivity contribution in [2.45, 2.75) is 45.1 Å². The molecule has 0 aliphatic carbocycles. The van der Waals surface area contributed by atoms with Gasteiger partial charge in [-0.3, -0.25) is 4.99 Å². The summed E-state index contributed by atoms with van der Waals surface area (Å²) < 4.78 is 11.1. The van der Waals surface area contributed by atoms with Gasteiger partial charge in [-0.05, 0) is 45.7 Å². The van der Waals surface area contributed by atoms with E-state index in [1.54, 1.807) is 0 Å². The number of piperidine rings is 1. The van der Waals surface area contributed by atoms with Gasteiger partial charge in [0.25, 0.3) is 0 Å². The molecule has 2 fully saturated rings. The molecule has 2 rings (SSSR count). The van der Waals surface area contributed by atoms with Gasteiger partial charge in [-0.2, -0.15) is 0 Å². The van der Waals surface area contributed by atoms with Crippen LogP contribution in [0.3, 0.4) is 0 Å². The number of likely N-dealkylation sites (tertiary alicyclic amines) is 1. The minimum absolute atomic E-state index is 0.301. The molecule has 1 atom stereocenters. The zero-order chi connectivity index (χ0) is 16.2. The summed E-state index contributed by atoms with van der Waals surface area (Å²) >= 11 is 0. The third-order valence-corrected chi connectivity index (χ3v) is 4.33. The van der Waals surface area contributed by atoms with E-state index in [1.807, 2.05) is 0 Å². The number of aliphatic imine (C=N–C) groups is 1. The van der Waals surface area contributed by atoms with Gasteiger partial charge in [-0.15, -0.1) is 0 Å². The molecule has 2 heterocycles. The van der Waals surface area contributed by atoms with Crippen molar-refractivity contribution in [1.29, 1.82) is 0 Å². The molecule has 0 radical (unpaired) electrons. The first-order valence-electron chi connectivity index (χ1n) is 9.32. The minimum Gasteiger partial charge on any atom is -0.379 e. The molecule has 6 heteroatoms. The number of ether oxygens (including phenoxy) is 2. The van der Waals surface area contributed by atoms with Gasteiger partial charge in [-0.25, -0.2) is 0 Å². The summed E-state index contributed by atoms with van der Waals surface area (Å²) in [6.07, 6.45) is 6.38. The molecule has 2 aliphatic heterocycles. The zero-order valence-corrected chi connectivity index (χ0v) is 14.7. The van der Waals surface area contributed by atoms with E-state index in [0.717, 1.165) is 64.8 Å². The van der Waals surface area contributed by atoms with Crippen LogP contribution in [-0.2, 0) is 9.47 Å². The predicted molar refractivity (Wildman–Crippen MR) is 94.1 cm³/mol. The van der Waals surface area contributed by atoms with Crippen LogP contribution >= 0.6 is 0 Å². The summed E-state index contributed by atoms with van der Waals surface area (Å²) in [5.41, 5.74) is 0. The average molecular weight is 326 g/mol. The number of nitrogens with one attached hydrogen (secondary N) is 2. The number of hydrogen-bond donors (Lipinski definition) is 2. The Balaban J connectivity index is 1.55. The SMILES string of the molecule is CCNC(=NCCCOC1CCOC1)NCCN1CCCCC1. The molecule has 134 valence electrons. The third kappa shape index (κ3) is 7.99. The van der Waals surface area contributed by atoms with Crippen LogP contribution in [0.4, 0.5) is 0 Å². The van der Waals surface area contributed by atoms with Crippen LogP contribution < -0.4 is 10.6 Å². The molecule has 2 N–H and O–H groups in total. The van der Waals surface area contributed by atoms with Gasteiger partial charge in [0.05, 0.1) is 12.7 Å². The molecule has 0 aromatic carbocycles. The van der Waals surface area contributed by atoms with E-state index in [1.165, 1.54) is 32.4 Å². The fourth-order valence-corrected chi connectivity index (χ4v) is 3.01. The summed E-state index contributed by atoms with van der Waals surface area (Å²) in [6.45, 7) is 10.7. The van der Waals surface area contributed by atoms with Gasteiger partial charge in [0.1, 0.15) is 0 Å². The Morgan fingerprint density at radius 3 is 2.87 bits per heavy atom. The van der Waals surface area contributed by atoms with E-state index >= 15 is 0 Å². The van der Waals surface area contributed by atoms with Crippen molar-refractivity contribution in [2.24, 2.45) is 4.99 Å². The van der Waals surface area contributed by atoms with Crippen molar-refractivity contribution in [2.75, 3.05) is 59.1 Å². The molecule has 0 saturated carbocycles. The lowest BCUT2D eigenvalue weighted by atomic mass is 10.1. The predicted octanol–water partition coefficient (Wildman–Crippen LogP) is 1.22. The maximum atomic E-state index is 5.76. The Bertz CT molecular complexity index is 327. The smallest absolute Gasteiger partial charge is 0.191 e. The van der Waals surface area contributed by atoms with Crippen LogP contribution in [-0.4, -0.2) is 76.1 Å². The lowest BCUT2D eigenvalue weighted by Gasteiger charge is -2.26. The minimum atomic E-state index is 0.301. The summed E-state index contributed by atoms with van der Waals surface area (Å²) in [4.78, 5) is 7.16. The van der Waals surface area contributed by atoms with Gasteiger partial charge in [0, 0.05) is 39.4 Å². The molecule has 0 aromatic rings. The maximum Gasteiger partial charge on any atom is 0.191 e. The maximum absolute atomic E-state index is 5.76. The highest BCUT2D eigenvalue weighted by molar-refractivity contribution is 5.79. The van der Waals surface area contributed by atoms with Crippen LogP contribution in [0.5, 0.6) is 0 Å². The van der Waals surface area contributed by atoms with Gasteiger partial charge < -0.3 is 25.0 Å². The normalized spacial score (nSPS) is 23.2. The van der Waals surface area contributed by atoms with Crippen molar-refractivity contribution in [3.05, 3.63) is 0 Å². The van der Waals surface area contributed by atoms with Crippen molar-refractivity contribution in [1.82, 2.24) is 15.5 Å². The lowest BCUT2D eigenvalue weighted by molar-refractivity contribution is 0.0424. The lowest BCUT2D eigenvalue weighted by Crippen LogP contribution is -2.42. The molecular weight excluding hydrogens is 292 g/mol. The van der Waals surface area contributed by atoms with Gasteiger partial charge >= 0.3 is 0 Å². The highest BCUT2D eigenvalue weighted by Crippen LogP contribution is 2.08. The summed E-state index contributed by atoms with van der Waals surface area (Å²) in [5.74, 6) is 0.925. The Morgan fingerprint density at radius 1 is 1.26 bits per heavy atom. The Labute approximate surface area is 141 Å². The van der Waals surface area contributed by atoms with Crippen LogP contribution in [0.1, 0.15) is 39.0 Å².